The summed E-state index contributed by atoms with van der Waals surface area (Å²) in [5.41, 5.74) is 0.167. The Balaban J connectivity index is 2.16. The first-order valence-corrected chi connectivity index (χ1v) is 8.34. The zero-order valence-corrected chi connectivity index (χ0v) is 14.5. The predicted octanol–water partition coefficient (Wildman–Crippen LogP) is 2.23. The number of morpholine rings is 1. The molecule has 128 valence electrons. The predicted molar refractivity (Wildman–Crippen MR) is 92.3 cm³/mol. The molecule has 0 spiro atoms. The number of nitrogens with zero attached hydrogens (tertiary/aromatic N) is 3. The summed E-state index contributed by atoms with van der Waals surface area (Å²) < 4.78 is 7.00. The van der Waals surface area contributed by atoms with Crippen LogP contribution in [-0.4, -0.2) is 45.9 Å². The van der Waals surface area contributed by atoms with Crippen molar-refractivity contribution in [3.05, 3.63) is 40.3 Å². The van der Waals surface area contributed by atoms with Gasteiger partial charge in [0.15, 0.2) is 5.69 Å². The Bertz CT molecular complexity index is 828. The maximum Gasteiger partial charge on any atom is 0.275 e. The molecule has 1 aromatic carbocycles. The molecule has 1 aliphatic heterocycles. The van der Waals surface area contributed by atoms with Crippen LogP contribution in [0.1, 0.15) is 44.2 Å². The van der Waals surface area contributed by atoms with E-state index in [4.69, 9.17) is 4.74 Å². The van der Waals surface area contributed by atoms with Gasteiger partial charge in [0, 0.05) is 11.9 Å². The Morgan fingerprint density at radius 3 is 2.58 bits per heavy atom. The number of benzene rings is 1. The summed E-state index contributed by atoms with van der Waals surface area (Å²) in [5.74, 6) is -0.150. The first-order valence-electron chi connectivity index (χ1n) is 8.34. The lowest BCUT2D eigenvalue weighted by molar-refractivity contribution is -0.0389. The van der Waals surface area contributed by atoms with Crippen LogP contribution in [0.3, 0.4) is 0 Å². The van der Waals surface area contributed by atoms with Crippen molar-refractivity contribution >= 4 is 16.7 Å². The topological polar surface area (TPSA) is 64.4 Å². The zero-order chi connectivity index (χ0) is 17.4. The highest BCUT2D eigenvalue weighted by Crippen LogP contribution is 2.20. The number of amides is 1. The van der Waals surface area contributed by atoms with E-state index in [1.54, 1.807) is 17.0 Å². The lowest BCUT2D eigenvalue weighted by atomic mass is 10.1. The molecule has 6 nitrogen and oxygen atoms in total. The van der Waals surface area contributed by atoms with Crippen molar-refractivity contribution in [2.24, 2.45) is 0 Å². The third-order valence-electron chi connectivity index (χ3n) is 4.39. The third-order valence-corrected chi connectivity index (χ3v) is 4.39. The van der Waals surface area contributed by atoms with Crippen LogP contribution in [0.25, 0.3) is 10.8 Å². The summed E-state index contributed by atoms with van der Waals surface area (Å²) >= 11 is 0. The molecule has 0 saturated carbocycles. The molecule has 1 fully saturated rings. The van der Waals surface area contributed by atoms with E-state index >= 15 is 0 Å². The van der Waals surface area contributed by atoms with Gasteiger partial charge in [0.25, 0.3) is 11.5 Å². The van der Waals surface area contributed by atoms with Crippen LogP contribution in [0.15, 0.2) is 29.1 Å². The van der Waals surface area contributed by atoms with Gasteiger partial charge in [-0.15, -0.1) is 0 Å². The number of aromatic nitrogens is 2. The molecule has 1 amide bonds. The average molecular weight is 329 g/mol. The SMILES string of the molecule is CC1CN(C(=O)c2nn(C(C)C)c(=O)c3ccccc23)C(C)CO1. The van der Waals surface area contributed by atoms with E-state index in [0.717, 1.165) is 0 Å². The minimum atomic E-state index is -0.166. The molecule has 0 aliphatic carbocycles. The van der Waals surface area contributed by atoms with Crippen molar-refractivity contribution in [3.63, 3.8) is 0 Å². The van der Waals surface area contributed by atoms with E-state index in [0.29, 0.717) is 29.6 Å². The van der Waals surface area contributed by atoms with E-state index in [9.17, 15) is 9.59 Å². The highest BCUT2D eigenvalue weighted by molar-refractivity contribution is 6.04. The molecule has 1 aliphatic rings. The van der Waals surface area contributed by atoms with Crippen LogP contribution in [0, 0.1) is 0 Å². The molecule has 2 aromatic rings. The van der Waals surface area contributed by atoms with Gasteiger partial charge in [-0.05, 0) is 33.8 Å². The second-order valence-electron chi connectivity index (χ2n) is 6.69. The zero-order valence-electron chi connectivity index (χ0n) is 14.5. The van der Waals surface area contributed by atoms with Gasteiger partial charge in [-0.3, -0.25) is 9.59 Å². The van der Waals surface area contributed by atoms with Crippen molar-refractivity contribution in [3.8, 4) is 0 Å². The Morgan fingerprint density at radius 2 is 1.92 bits per heavy atom. The number of carbonyl (C=O) groups excluding carboxylic acids is 1. The first-order chi connectivity index (χ1) is 11.4. The standard InChI is InChI=1S/C18H23N3O3/c1-11(2)21-17(22)15-8-6-5-7-14(15)16(19-21)18(23)20-9-13(4)24-10-12(20)3/h5-8,11-13H,9-10H2,1-4H3. The largest absolute Gasteiger partial charge is 0.375 e. The molecule has 2 unspecified atom stereocenters. The van der Waals surface area contributed by atoms with Gasteiger partial charge in [-0.25, -0.2) is 4.68 Å². The van der Waals surface area contributed by atoms with E-state index in [1.807, 2.05) is 39.8 Å². The summed E-state index contributed by atoms with van der Waals surface area (Å²) in [6.45, 7) is 8.72. The Morgan fingerprint density at radius 1 is 1.25 bits per heavy atom. The molecular formula is C18H23N3O3. The molecule has 2 heterocycles. The fraction of sp³-hybridized carbons (Fsp3) is 0.500. The fourth-order valence-corrected chi connectivity index (χ4v) is 3.04. The molecule has 1 aromatic heterocycles. The number of hydrogen-bond acceptors (Lipinski definition) is 4. The third kappa shape index (κ3) is 2.82. The van der Waals surface area contributed by atoms with Gasteiger partial charge in [-0.1, -0.05) is 18.2 Å². The van der Waals surface area contributed by atoms with Crippen LogP contribution in [-0.2, 0) is 4.74 Å². The van der Waals surface area contributed by atoms with Crippen LogP contribution in [0.2, 0.25) is 0 Å². The van der Waals surface area contributed by atoms with E-state index in [1.165, 1.54) is 4.68 Å². The Labute approximate surface area is 141 Å². The number of carbonyl (C=O) groups is 1. The van der Waals surface area contributed by atoms with E-state index in [2.05, 4.69) is 5.10 Å². The maximum atomic E-state index is 13.1. The molecule has 3 rings (SSSR count). The Hall–Kier alpha value is -2.21. The number of ether oxygens (including phenoxy) is 1. The fourth-order valence-electron chi connectivity index (χ4n) is 3.04. The van der Waals surface area contributed by atoms with Gasteiger partial charge >= 0.3 is 0 Å². The molecule has 1 saturated heterocycles. The normalized spacial score (nSPS) is 21.5. The van der Waals surface area contributed by atoms with Crippen LogP contribution >= 0.6 is 0 Å². The number of fused-ring (bicyclic) bond motifs is 1. The van der Waals surface area contributed by atoms with Crippen molar-refractivity contribution in [1.29, 1.82) is 0 Å². The van der Waals surface area contributed by atoms with Crippen molar-refractivity contribution in [2.75, 3.05) is 13.2 Å². The summed E-state index contributed by atoms with van der Waals surface area (Å²) in [6.07, 6.45) is -0.00702. The average Bonchev–Trinajstić information content (AvgIpc) is 2.57. The smallest absolute Gasteiger partial charge is 0.275 e. The summed E-state index contributed by atoms with van der Waals surface area (Å²) in [7, 11) is 0. The monoisotopic (exact) mass is 329 g/mol. The lowest BCUT2D eigenvalue weighted by Gasteiger charge is -2.36. The molecule has 24 heavy (non-hydrogen) atoms. The van der Waals surface area contributed by atoms with Gasteiger partial charge < -0.3 is 9.64 Å². The quantitative estimate of drug-likeness (QED) is 0.847. The summed E-state index contributed by atoms with van der Waals surface area (Å²) in [6, 6.07) is 7.03. The highest BCUT2D eigenvalue weighted by atomic mass is 16.5. The molecule has 0 N–H and O–H groups in total. The molecule has 0 bridgehead atoms. The second kappa shape index (κ2) is 6.36. The number of rotatable bonds is 2. The molecular weight excluding hydrogens is 306 g/mol. The number of hydrogen-bond donors (Lipinski definition) is 0. The summed E-state index contributed by atoms with van der Waals surface area (Å²) in [4.78, 5) is 27.5. The van der Waals surface area contributed by atoms with Crippen LogP contribution in [0.4, 0.5) is 0 Å². The lowest BCUT2D eigenvalue weighted by Crippen LogP contribution is -2.50. The first kappa shape index (κ1) is 16.6. The van der Waals surface area contributed by atoms with Gasteiger partial charge in [0.2, 0.25) is 0 Å². The van der Waals surface area contributed by atoms with Crippen molar-refractivity contribution in [2.45, 2.75) is 45.9 Å². The molecule has 6 heteroatoms. The maximum absolute atomic E-state index is 13.1. The second-order valence-corrected chi connectivity index (χ2v) is 6.69. The van der Waals surface area contributed by atoms with Crippen LogP contribution in [0.5, 0.6) is 0 Å². The van der Waals surface area contributed by atoms with E-state index in [-0.39, 0.29) is 29.7 Å². The van der Waals surface area contributed by atoms with E-state index < -0.39 is 0 Å². The molecule has 2 atom stereocenters. The summed E-state index contributed by atoms with van der Waals surface area (Å²) in [5, 5.41) is 5.54. The minimum Gasteiger partial charge on any atom is -0.375 e. The van der Waals surface area contributed by atoms with Crippen LogP contribution < -0.4 is 5.56 Å². The van der Waals surface area contributed by atoms with Crippen molar-refractivity contribution < 1.29 is 9.53 Å². The minimum absolute atomic E-state index is 0.00702. The van der Waals surface area contributed by atoms with Gasteiger partial charge in [0.1, 0.15) is 0 Å². The highest BCUT2D eigenvalue weighted by Gasteiger charge is 2.30. The van der Waals surface area contributed by atoms with Gasteiger partial charge in [0.05, 0.1) is 30.2 Å². The molecule has 0 radical (unpaired) electrons. The Kier molecular flexibility index (Phi) is 4.41. The van der Waals surface area contributed by atoms with Crippen molar-refractivity contribution in [1.82, 2.24) is 14.7 Å². The van der Waals surface area contributed by atoms with Gasteiger partial charge in [-0.2, -0.15) is 5.10 Å².